The Bertz CT molecular complexity index is 443. The Hall–Kier alpha value is -0.890. The Morgan fingerprint density at radius 3 is 3.05 bits per heavy atom. The summed E-state index contributed by atoms with van der Waals surface area (Å²) in [5.74, 6) is 1.13. The molecule has 19 heavy (non-hydrogen) atoms. The van der Waals surface area contributed by atoms with E-state index >= 15 is 0 Å². The lowest BCUT2D eigenvalue weighted by Gasteiger charge is -2.38. The molecule has 0 aliphatic heterocycles. The van der Waals surface area contributed by atoms with E-state index in [0.717, 1.165) is 19.4 Å². The standard InChI is InChI=1S/C17H26NO/c1-2-3-11-18-12-5-7-14-13-6-4-8-17(19)15(13)9-10-16(14)18/h5,7,12-13,15,17,19H,2-4,6,8-11H2,1H3/q+1. The number of aryl methyl sites for hydroxylation is 1. The Balaban J connectivity index is 1.91. The molecular formula is C17H26NO+. The predicted octanol–water partition coefficient (Wildman–Crippen LogP) is 2.97. The third-order valence-corrected chi connectivity index (χ3v) is 5.11. The number of aliphatic hydroxyl groups excluding tert-OH is 1. The molecule has 1 aromatic heterocycles. The zero-order valence-electron chi connectivity index (χ0n) is 12.0. The number of aliphatic hydroxyl groups is 1. The molecule has 2 aliphatic carbocycles. The second-order valence-electron chi connectivity index (χ2n) is 6.26. The van der Waals surface area contributed by atoms with Gasteiger partial charge < -0.3 is 5.11 Å². The number of hydrogen-bond donors (Lipinski definition) is 1. The first-order chi connectivity index (χ1) is 9.31. The lowest BCUT2D eigenvalue weighted by atomic mass is 9.68. The second kappa shape index (κ2) is 5.62. The van der Waals surface area contributed by atoms with E-state index in [0.29, 0.717) is 11.8 Å². The highest BCUT2D eigenvalue weighted by Gasteiger charge is 2.39. The maximum Gasteiger partial charge on any atom is 0.184 e. The summed E-state index contributed by atoms with van der Waals surface area (Å²) in [5.41, 5.74) is 3.08. The molecule has 3 atom stereocenters. The number of nitrogens with zero attached hydrogens (tertiary/aromatic N) is 1. The molecule has 1 aromatic rings. The molecule has 3 rings (SSSR count). The highest BCUT2D eigenvalue weighted by Crippen LogP contribution is 2.44. The number of pyridine rings is 1. The maximum atomic E-state index is 10.2. The van der Waals surface area contributed by atoms with Crippen LogP contribution in [0.1, 0.15) is 62.6 Å². The van der Waals surface area contributed by atoms with Crippen molar-refractivity contribution in [3.8, 4) is 0 Å². The lowest BCUT2D eigenvalue weighted by molar-refractivity contribution is -0.705. The summed E-state index contributed by atoms with van der Waals surface area (Å²) >= 11 is 0. The van der Waals surface area contributed by atoms with E-state index in [9.17, 15) is 5.11 Å². The highest BCUT2D eigenvalue weighted by atomic mass is 16.3. The van der Waals surface area contributed by atoms with Crippen molar-refractivity contribution in [1.82, 2.24) is 0 Å². The fourth-order valence-electron chi connectivity index (χ4n) is 4.09. The molecule has 0 saturated heterocycles. The molecule has 1 saturated carbocycles. The van der Waals surface area contributed by atoms with Crippen LogP contribution in [0, 0.1) is 5.92 Å². The van der Waals surface area contributed by atoms with E-state index in [1.807, 2.05) is 0 Å². The minimum atomic E-state index is -0.0591. The Morgan fingerprint density at radius 1 is 1.32 bits per heavy atom. The summed E-state index contributed by atoms with van der Waals surface area (Å²) in [6.45, 7) is 3.41. The first-order valence-corrected chi connectivity index (χ1v) is 8.00. The summed E-state index contributed by atoms with van der Waals surface area (Å²) in [6, 6.07) is 4.52. The van der Waals surface area contributed by atoms with Gasteiger partial charge in [-0.2, -0.15) is 0 Å². The SMILES string of the molecule is CCCC[n+]1cccc2c1CCC1C(O)CCCC21. The largest absolute Gasteiger partial charge is 0.393 e. The van der Waals surface area contributed by atoms with Crippen LogP contribution in [-0.2, 0) is 13.0 Å². The van der Waals surface area contributed by atoms with Crippen molar-refractivity contribution in [2.45, 2.75) is 70.4 Å². The van der Waals surface area contributed by atoms with Crippen LogP contribution in [0.3, 0.4) is 0 Å². The summed E-state index contributed by atoms with van der Waals surface area (Å²) in [6.07, 6.45) is 10.5. The Kier molecular flexibility index (Phi) is 3.88. The van der Waals surface area contributed by atoms with Crippen molar-refractivity contribution in [2.24, 2.45) is 5.92 Å². The second-order valence-corrected chi connectivity index (χ2v) is 6.26. The highest BCUT2D eigenvalue weighted by molar-refractivity contribution is 5.26. The van der Waals surface area contributed by atoms with Crippen LogP contribution in [0.2, 0.25) is 0 Å². The van der Waals surface area contributed by atoms with Crippen molar-refractivity contribution in [3.05, 3.63) is 29.6 Å². The van der Waals surface area contributed by atoms with Gasteiger partial charge in [-0.1, -0.05) is 19.8 Å². The van der Waals surface area contributed by atoms with E-state index in [1.54, 1.807) is 5.69 Å². The van der Waals surface area contributed by atoms with Gasteiger partial charge in [0.15, 0.2) is 11.9 Å². The summed E-state index contributed by atoms with van der Waals surface area (Å²) in [5, 5.41) is 10.2. The molecule has 2 nitrogen and oxygen atoms in total. The van der Waals surface area contributed by atoms with Gasteiger partial charge in [-0.3, -0.25) is 0 Å². The van der Waals surface area contributed by atoms with Crippen LogP contribution in [0.15, 0.2) is 18.3 Å². The predicted molar refractivity (Wildman–Crippen MR) is 76.0 cm³/mol. The summed E-state index contributed by atoms with van der Waals surface area (Å²) < 4.78 is 2.47. The minimum Gasteiger partial charge on any atom is -0.393 e. The number of unbranched alkanes of at least 4 members (excludes halogenated alkanes) is 1. The normalized spacial score (nSPS) is 29.7. The van der Waals surface area contributed by atoms with Crippen molar-refractivity contribution < 1.29 is 9.67 Å². The molecule has 3 unspecified atom stereocenters. The van der Waals surface area contributed by atoms with Crippen molar-refractivity contribution >= 4 is 0 Å². The van der Waals surface area contributed by atoms with Crippen LogP contribution in [0.4, 0.5) is 0 Å². The van der Waals surface area contributed by atoms with Gasteiger partial charge in [0.1, 0.15) is 6.54 Å². The number of fused-ring (bicyclic) bond motifs is 3. The molecular weight excluding hydrogens is 234 g/mol. The van der Waals surface area contributed by atoms with Gasteiger partial charge in [0, 0.05) is 24.5 Å². The molecule has 1 fully saturated rings. The van der Waals surface area contributed by atoms with Crippen LogP contribution in [0.5, 0.6) is 0 Å². The first-order valence-electron chi connectivity index (χ1n) is 8.00. The molecule has 104 valence electrons. The number of rotatable bonds is 3. The van der Waals surface area contributed by atoms with Crippen LogP contribution >= 0.6 is 0 Å². The van der Waals surface area contributed by atoms with Crippen LogP contribution < -0.4 is 4.57 Å². The molecule has 1 N–H and O–H groups in total. The first kappa shape index (κ1) is 13.1. The quantitative estimate of drug-likeness (QED) is 0.830. The Morgan fingerprint density at radius 2 is 2.21 bits per heavy atom. The fraction of sp³-hybridized carbons (Fsp3) is 0.706. The molecule has 0 amide bonds. The van der Waals surface area contributed by atoms with E-state index in [2.05, 4.69) is 29.8 Å². The van der Waals surface area contributed by atoms with E-state index in [1.165, 1.54) is 37.7 Å². The molecule has 0 bridgehead atoms. The third-order valence-electron chi connectivity index (χ3n) is 5.11. The van der Waals surface area contributed by atoms with Crippen LogP contribution in [-0.4, -0.2) is 11.2 Å². The van der Waals surface area contributed by atoms with Gasteiger partial charge in [-0.15, -0.1) is 0 Å². The topological polar surface area (TPSA) is 24.1 Å². The van der Waals surface area contributed by atoms with E-state index in [-0.39, 0.29) is 6.10 Å². The van der Waals surface area contributed by atoms with Gasteiger partial charge >= 0.3 is 0 Å². The van der Waals surface area contributed by atoms with Gasteiger partial charge in [0.2, 0.25) is 0 Å². The number of aromatic nitrogens is 1. The smallest absolute Gasteiger partial charge is 0.184 e. The van der Waals surface area contributed by atoms with E-state index in [4.69, 9.17) is 0 Å². The average molecular weight is 260 g/mol. The zero-order chi connectivity index (χ0) is 13.2. The van der Waals surface area contributed by atoms with E-state index < -0.39 is 0 Å². The average Bonchev–Trinajstić information content (AvgIpc) is 2.45. The molecule has 2 aliphatic rings. The fourth-order valence-corrected chi connectivity index (χ4v) is 4.09. The molecule has 1 heterocycles. The molecule has 0 spiro atoms. The van der Waals surface area contributed by atoms with Gasteiger partial charge in [0.25, 0.3) is 0 Å². The maximum absolute atomic E-state index is 10.2. The molecule has 0 aromatic carbocycles. The van der Waals surface area contributed by atoms with Crippen molar-refractivity contribution in [2.75, 3.05) is 0 Å². The van der Waals surface area contributed by atoms with Gasteiger partial charge in [-0.25, -0.2) is 4.57 Å². The summed E-state index contributed by atoms with van der Waals surface area (Å²) in [7, 11) is 0. The molecule has 0 radical (unpaired) electrons. The molecule has 2 heteroatoms. The monoisotopic (exact) mass is 260 g/mol. The van der Waals surface area contributed by atoms with Gasteiger partial charge in [0.05, 0.1) is 6.10 Å². The van der Waals surface area contributed by atoms with Crippen LogP contribution in [0.25, 0.3) is 0 Å². The third kappa shape index (κ3) is 2.43. The zero-order valence-corrected chi connectivity index (χ0v) is 12.0. The summed E-state index contributed by atoms with van der Waals surface area (Å²) in [4.78, 5) is 0. The lowest BCUT2D eigenvalue weighted by Crippen LogP contribution is -2.44. The minimum absolute atomic E-state index is 0.0591. The Labute approximate surface area is 116 Å². The van der Waals surface area contributed by atoms with Crippen molar-refractivity contribution in [3.63, 3.8) is 0 Å². The van der Waals surface area contributed by atoms with Crippen molar-refractivity contribution in [1.29, 1.82) is 0 Å². The number of hydrogen-bond acceptors (Lipinski definition) is 1. The van der Waals surface area contributed by atoms with Gasteiger partial charge in [-0.05, 0) is 37.2 Å².